The third-order valence-electron chi connectivity index (χ3n) is 20.0. The minimum atomic E-state index is -1.04. The topological polar surface area (TPSA) is 393 Å². The number of hydrogen-bond acceptors (Lipinski definition) is 16. The Hall–Kier alpha value is -13.3. The summed E-state index contributed by atoms with van der Waals surface area (Å²) < 4.78 is 0. The van der Waals surface area contributed by atoms with Gasteiger partial charge in [-0.2, -0.15) is 0 Å². The summed E-state index contributed by atoms with van der Waals surface area (Å²) in [5.41, 5.74) is 21.0. The Morgan fingerprint density at radius 3 is 1.01 bits per heavy atom. The molecule has 12 rings (SSSR count). The number of benzene rings is 8. The summed E-state index contributed by atoms with van der Waals surface area (Å²) in [7, 11) is 7.82. The summed E-state index contributed by atoms with van der Waals surface area (Å²) in [5, 5.41) is 16.9. The van der Waals surface area contributed by atoms with Gasteiger partial charge in [-0.25, -0.2) is 19.9 Å². The van der Waals surface area contributed by atoms with Crippen LogP contribution in [0.25, 0.3) is 112 Å². The Labute approximate surface area is 664 Å². The quantitative estimate of drug-likeness (QED) is 0.0163. The third kappa shape index (κ3) is 20.9. The second-order valence-corrected chi connectivity index (χ2v) is 29.6. The predicted octanol–water partition coefficient (Wildman–Crippen LogP) is 9.62. The molecule has 8 aromatic carbocycles. The van der Waals surface area contributed by atoms with E-state index >= 15 is 0 Å². The Balaban J connectivity index is 0.528. The number of nitrogens with one attached hydrogen (secondary N) is 10. The highest BCUT2D eigenvalue weighted by Gasteiger charge is 2.29. The van der Waals surface area contributed by atoms with E-state index in [0.717, 1.165) is 102 Å². The first kappa shape index (κ1) is 81.2. The van der Waals surface area contributed by atoms with Crippen LogP contribution in [0.1, 0.15) is 101 Å². The summed E-state index contributed by atoms with van der Waals surface area (Å²) in [6.45, 7) is 8.34. The van der Waals surface area contributed by atoms with Crippen molar-refractivity contribution >= 4 is 103 Å². The van der Waals surface area contributed by atoms with E-state index < -0.39 is 65.7 Å². The van der Waals surface area contributed by atoms with Crippen molar-refractivity contribution in [3.05, 3.63) is 192 Å². The smallest absolute Gasteiger partial charge is 0.251 e. The average molecular weight is 1550 g/mol. The van der Waals surface area contributed by atoms with E-state index in [9.17, 15) is 47.9 Å². The second-order valence-electron chi connectivity index (χ2n) is 29.6. The molecule has 12 aromatic rings. The first-order valence-electron chi connectivity index (χ1n) is 38.3. The number of aromatic nitrogens is 8. The van der Waals surface area contributed by atoms with Gasteiger partial charge in [0.1, 0.15) is 23.3 Å². The second kappa shape index (κ2) is 36.9. The predicted molar refractivity (Wildman–Crippen MR) is 443 cm³/mol. The van der Waals surface area contributed by atoms with E-state index in [1.165, 1.54) is 32.6 Å². The van der Waals surface area contributed by atoms with Gasteiger partial charge in [-0.1, -0.05) is 86.6 Å². The number of imidazole rings is 4. The molecule has 115 heavy (non-hydrogen) atoms. The molecule has 0 saturated carbocycles. The van der Waals surface area contributed by atoms with Gasteiger partial charge in [0.2, 0.25) is 23.6 Å². The van der Waals surface area contributed by atoms with Gasteiger partial charge in [0, 0.05) is 121 Å². The van der Waals surface area contributed by atoms with Crippen LogP contribution >= 0.6 is 0 Å². The summed E-state index contributed by atoms with van der Waals surface area (Å²) in [5.74, 6) is -3.35. The molecule has 0 fully saturated rings. The number of carbonyl (C=O) groups excluding carboxylic acids is 10. The number of carbonyl (C=O) groups is 10. The number of nitrogens with zero attached hydrogens (tertiary/aromatic N) is 7. The molecule has 0 radical (unpaired) electrons. The van der Waals surface area contributed by atoms with Crippen LogP contribution in [0.2, 0.25) is 0 Å². The third-order valence-corrected chi connectivity index (χ3v) is 20.0. The summed E-state index contributed by atoms with van der Waals surface area (Å²) in [4.78, 5) is 169. The molecule has 0 spiro atoms. The lowest BCUT2D eigenvalue weighted by Gasteiger charge is -2.25. The van der Waals surface area contributed by atoms with Gasteiger partial charge >= 0.3 is 0 Å². The fourth-order valence-corrected chi connectivity index (χ4v) is 13.3. The molecule has 4 atom stereocenters. The minimum Gasteiger partial charge on any atom is -0.368 e. The number of aromatic amines is 4. The molecular formula is C87H94N18O10. The van der Waals surface area contributed by atoms with E-state index in [-0.39, 0.29) is 56.0 Å². The number of unbranched alkanes of at least 4 members (excludes halogenated alkanes) is 1. The maximum atomic E-state index is 13.7. The van der Waals surface area contributed by atoms with Gasteiger partial charge in [-0.3, -0.25) is 47.9 Å². The maximum Gasteiger partial charge on any atom is 0.251 e. The lowest BCUT2D eigenvalue weighted by atomic mass is 9.97. The molecule has 4 heterocycles. The number of ketones is 2. The van der Waals surface area contributed by atoms with Gasteiger partial charge < -0.3 is 72.3 Å². The molecule has 12 N–H and O–H groups in total. The van der Waals surface area contributed by atoms with Crippen LogP contribution in [-0.2, 0) is 28.8 Å². The number of primary amides is 1. The molecule has 8 amide bonds. The van der Waals surface area contributed by atoms with Gasteiger partial charge in [0.25, 0.3) is 23.6 Å². The monoisotopic (exact) mass is 1550 g/mol. The van der Waals surface area contributed by atoms with Crippen LogP contribution in [0.3, 0.4) is 0 Å². The van der Waals surface area contributed by atoms with E-state index in [4.69, 9.17) is 25.7 Å². The molecule has 4 aromatic heterocycles. The highest BCUT2D eigenvalue weighted by molar-refractivity contribution is 6.00. The van der Waals surface area contributed by atoms with Gasteiger partial charge in [0.05, 0.1) is 62.8 Å². The Bertz CT molecular complexity index is 5590. The summed E-state index contributed by atoms with van der Waals surface area (Å²) in [6.07, 6.45) is 0.485. The lowest BCUT2D eigenvalue weighted by Crippen LogP contribution is -2.47. The minimum absolute atomic E-state index is 0.0477. The largest absolute Gasteiger partial charge is 0.368 e. The molecule has 0 unspecified atom stereocenters. The zero-order valence-corrected chi connectivity index (χ0v) is 65.5. The van der Waals surface area contributed by atoms with Crippen LogP contribution < -0.4 is 37.6 Å². The van der Waals surface area contributed by atoms with E-state index in [1.807, 2.05) is 147 Å². The number of Topliss-reactive ketones (excluding diaryl/α,β-unsaturated/α-hetero) is 2. The van der Waals surface area contributed by atoms with Crippen molar-refractivity contribution in [1.82, 2.24) is 86.5 Å². The molecule has 28 nitrogen and oxygen atoms in total. The van der Waals surface area contributed by atoms with Crippen molar-refractivity contribution in [3.63, 3.8) is 0 Å². The normalized spacial score (nSPS) is 12.5. The van der Waals surface area contributed by atoms with Crippen molar-refractivity contribution in [2.75, 3.05) is 80.5 Å². The van der Waals surface area contributed by atoms with Crippen molar-refractivity contribution in [3.8, 4) is 67.8 Å². The Morgan fingerprint density at radius 1 is 0.374 bits per heavy atom. The van der Waals surface area contributed by atoms with E-state index in [1.54, 1.807) is 60.7 Å². The lowest BCUT2D eigenvalue weighted by molar-refractivity contribution is -0.140. The van der Waals surface area contributed by atoms with Crippen molar-refractivity contribution in [2.45, 2.75) is 71.9 Å². The van der Waals surface area contributed by atoms with Gasteiger partial charge in [-0.05, 0) is 174 Å². The number of likely N-dealkylation sites (N-methyl/N-ethyl adjacent to an activating group) is 2. The number of hydrogen-bond donors (Lipinski definition) is 11. The first-order chi connectivity index (χ1) is 55.2. The van der Waals surface area contributed by atoms with Crippen molar-refractivity contribution < 1.29 is 47.9 Å². The van der Waals surface area contributed by atoms with Crippen LogP contribution in [0, 0.1) is 11.8 Å². The number of nitrogens with two attached hydrogens (primary N) is 1. The number of H-pyrrole nitrogens is 4. The molecule has 0 bridgehead atoms. The number of rotatable bonds is 36. The van der Waals surface area contributed by atoms with Crippen LogP contribution in [-0.4, -0.2) is 206 Å². The first-order valence-corrected chi connectivity index (χ1v) is 38.3. The Kier molecular flexibility index (Phi) is 26.0. The molecular weight excluding hydrogens is 1460 g/mol. The van der Waals surface area contributed by atoms with Crippen molar-refractivity contribution in [1.29, 1.82) is 0 Å². The maximum absolute atomic E-state index is 13.7. The number of amides is 8. The molecule has 0 aliphatic carbocycles. The van der Waals surface area contributed by atoms with Crippen LogP contribution in [0.5, 0.6) is 0 Å². The highest BCUT2D eigenvalue weighted by Crippen LogP contribution is 2.33. The van der Waals surface area contributed by atoms with E-state index in [2.05, 4.69) is 51.8 Å². The fraction of sp³-hybridized carbons (Fsp3) is 0.287. The summed E-state index contributed by atoms with van der Waals surface area (Å²) >= 11 is 0. The fourth-order valence-electron chi connectivity index (χ4n) is 13.3. The SMILES string of the molecule is C[C@@H](CC(=O)[C@@H](C)NC(=O)CCCCNC(=O)c1ccc(-c2nc3cc(-c4ccc5[nH]c(-c6ccc(C(=O)NCCN(C)C)cc6)nc5c4)ccc3[nH]2)cc1)C(=O)N[C@H](C)C(=O)C[C@H](C)C(=O)N(CCNC(=O)c1ccc(-c2nc3cc(-c4ccc5[nH]c(-c6ccc(C(=O)NCCN(C)C)cc6)nc5c4)ccc3[nH]2)cc1)CC(N)=O. The standard InChI is InChI=1S/C87H94N18O10/c1-50(43-74(106)52(3)93-77(109)11-9-10-36-89-83(111)58-20-12-54(13-21-58)78-95-66-32-28-62(45-70(66)99-78)63-29-33-67-71(46-63)100-79(96-67)55-14-22-59(23-15-55)84(112)90-37-40-103(5)6)82(110)94-53(4)75(107)44-51(2)87(115)105(49-76(88)108)42-39-92-86(114)61-26-18-57(19-27-61)81-98-69-35-31-65(48-73(69)102-81)64-30-34-68-72(47-64)101-80(97-68)56-16-24-60(25-17-56)85(113)91-38-41-104(7)8/h12-35,45-48,50-53H,9-11,36-44,49H2,1-8H3,(H2,88,108)(H,89,111)(H,90,112)(H,91,113)(H,92,114)(H,93,109)(H,94,110)(H,95,99)(H,96,100)(H,97,101)(H,98,102)/t50-,51-,52+,53+/m0/s1. The molecule has 28 heteroatoms. The van der Waals surface area contributed by atoms with Gasteiger partial charge in [0.15, 0.2) is 11.6 Å². The van der Waals surface area contributed by atoms with Crippen LogP contribution in [0.15, 0.2) is 170 Å². The Morgan fingerprint density at radius 2 is 0.678 bits per heavy atom. The highest BCUT2D eigenvalue weighted by atomic mass is 16.2. The van der Waals surface area contributed by atoms with E-state index in [0.29, 0.717) is 78.0 Å². The zero-order chi connectivity index (χ0) is 81.6. The summed E-state index contributed by atoms with van der Waals surface area (Å²) in [6, 6.07) is 50.7. The average Bonchev–Trinajstić information content (AvgIpc) is 1.65. The van der Waals surface area contributed by atoms with Crippen LogP contribution in [0.4, 0.5) is 0 Å². The molecule has 0 aliphatic rings. The zero-order valence-electron chi connectivity index (χ0n) is 65.5. The molecule has 592 valence electrons. The molecule has 0 saturated heterocycles. The van der Waals surface area contributed by atoms with Crippen molar-refractivity contribution in [2.24, 2.45) is 17.6 Å². The van der Waals surface area contributed by atoms with Gasteiger partial charge in [-0.15, -0.1) is 0 Å². The molecule has 0 aliphatic heterocycles. The number of fused-ring (bicyclic) bond motifs is 4.